The van der Waals surface area contributed by atoms with E-state index in [-0.39, 0.29) is 4.90 Å². The maximum Gasteiger partial charge on any atom is 0.265 e. The zero-order valence-corrected chi connectivity index (χ0v) is 11.3. The summed E-state index contributed by atoms with van der Waals surface area (Å²) in [5.41, 5.74) is 1.21. The van der Waals surface area contributed by atoms with Crippen molar-refractivity contribution in [2.45, 2.75) is 11.8 Å². The van der Waals surface area contributed by atoms with Crippen LogP contribution in [0.5, 0.6) is 0 Å². The molecule has 0 aliphatic heterocycles. The van der Waals surface area contributed by atoms with Crippen LogP contribution in [0.1, 0.15) is 5.56 Å². The van der Waals surface area contributed by atoms with Gasteiger partial charge in [-0.15, -0.1) is 0 Å². The van der Waals surface area contributed by atoms with E-state index >= 15 is 0 Å². The highest BCUT2D eigenvalue weighted by molar-refractivity contribution is 7.92. The molecule has 19 heavy (non-hydrogen) atoms. The topological polar surface area (TPSA) is 96.9 Å². The fraction of sp³-hybridized carbons (Fsp3) is 0.182. The van der Waals surface area contributed by atoms with Crippen molar-refractivity contribution in [1.29, 1.82) is 0 Å². The van der Waals surface area contributed by atoms with Crippen LogP contribution in [0.25, 0.3) is 0 Å². The van der Waals surface area contributed by atoms with Crippen molar-refractivity contribution in [3.8, 4) is 0 Å². The van der Waals surface area contributed by atoms with E-state index in [1.165, 1.54) is 18.6 Å². The van der Waals surface area contributed by atoms with Gasteiger partial charge in [0.05, 0.1) is 24.3 Å². The summed E-state index contributed by atoms with van der Waals surface area (Å²) < 4.78 is 26.7. The molecular weight excluding hydrogens is 266 g/mol. The molecule has 0 saturated carbocycles. The normalized spacial score (nSPS) is 11.1. The van der Waals surface area contributed by atoms with Gasteiger partial charge in [0.2, 0.25) is 5.95 Å². The highest BCUT2D eigenvalue weighted by Crippen LogP contribution is 2.17. The number of rotatable bonds is 4. The van der Waals surface area contributed by atoms with Crippen LogP contribution in [0, 0.1) is 6.92 Å². The summed E-state index contributed by atoms with van der Waals surface area (Å²) in [6.07, 6.45) is 5.54. The Kier molecular flexibility index (Phi) is 3.61. The molecule has 0 saturated heterocycles. The Labute approximate surface area is 111 Å². The number of anilines is 2. The van der Waals surface area contributed by atoms with Crippen molar-refractivity contribution in [1.82, 2.24) is 15.0 Å². The standard InChI is InChI=1S/C11H13N5O2S/c1-8-3-4-13-7-10(8)16-19(17,18)9-5-14-11(12-2)15-6-9/h3-7,16H,1-2H3,(H,12,14,15). The van der Waals surface area contributed by atoms with Crippen LogP contribution >= 0.6 is 0 Å². The lowest BCUT2D eigenvalue weighted by Crippen LogP contribution is -2.14. The van der Waals surface area contributed by atoms with Gasteiger partial charge in [-0.2, -0.15) is 0 Å². The Bertz CT molecular complexity index is 670. The lowest BCUT2D eigenvalue weighted by Gasteiger charge is -2.09. The summed E-state index contributed by atoms with van der Waals surface area (Å²) in [5, 5.41) is 2.72. The molecule has 0 fully saturated rings. The molecule has 0 bridgehead atoms. The second-order valence-electron chi connectivity index (χ2n) is 3.79. The Hall–Kier alpha value is -2.22. The van der Waals surface area contributed by atoms with Crippen molar-refractivity contribution < 1.29 is 8.42 Å². The second-order valence-corrected chi connectivity index (χ2v) is 5.47. The molecule has 0 unspecified atom stereocenters. The summed E-state index contributed by atoms with van der Waals surface area (Å²) in [7, 11) is -2.05. The lowest BCUT2D eigenvalue weighted by atomic mass is 10.3. The first kappa shape index (κ1) is 13.2. The van der Waals surface area contributed by atoms with Crippen molar-refractivity contribution in [2.24, 2.45) is 0 Å². The van der Waals surface area contributed by atoms with Crippen LogP contribution in [-0.4, -0.2) is 30.4 Å². The summed E-state index contributed by atoms with van der Waals surface area (Å²) >= 11 is 0. The Morgan fingerprint density at radius 3 is 2.42 bits per heavy atom. The predicted octanol–water partition coefficient (Wildman–Crippen LogP) is 1.02. The number of hydrogen-bond donors (Lipinski definition) is 2. The van der Waals surface area contributed by atoms with E-state index in [1.807, 2.05) is 0 Å². The molecule has 0 aromatic carbocycles. The largest absolute Gasteiger partial charge is 0.357 e. The van der Waals surface area contributed by atoms with Gasteiger partial charge in [-0.1, -0.05) is 0 Å². The quantitative estimate of drug-likeness (QED) is 0.867. The summed E-state index contributed by atoms with van der Waals surface area (Å²) in [6.45, 7) is 1.79. The summed E-state index contributed by atoms with van der Waals surface area (Å²) in [6, 6.07) is 1.72. The van der Waals surface area contributed by atoms with E-state index in [4.69, 9.17) is 0 Å². The fourth-order valence-electron chi connectivity index (χ4n) is 1.36. The van der Waals surface area contributed by atoms with E-state index < -0.39 is 10.0 Å². The number of hydrogen-bond acceptors (Lipinski definition) is 6. The molecule has 2 heterocycles. The summed E-state index contributed by atoms with van der Waals surface area (Å²) in [4.78, 5) is 11.6. The predicted molar refractivity (Wildman–Crippen MR) is 71.4 cm³/mol. The fourth-order valence-corrected chi connectivity index (χ4v) is 2.36. The molecule has 2 rings (SSSR count). The van der Waals surface area contributed by atoms with Gasteiger partial charge in [0.1, 0.15) is 4.90 Å². The van der Waals surface area contributed by atoms with Crippen LogP contribution in [0.2, 0.25) is 0 Å². The molecule has 2 N–H and O–H groups in total. The van der Waals surface area contributed by atoms with E-state index in [1.54, 1.807) is 26.2 Å². The molecular formula is C11H13N5O2S. The van der Waals surface area contributed by atoms with Gasteiger partial charge in [-0.3, -0.25) is 9.71 Å². The zero-order chi connectivity index (χ0) is 13.9. The van der Waals surface area contributed by atoms with E-state index in [2.05, 4.69) is 25.0 Å². The van der Waals surface area contributed by atoms with Crippen LogP contribution in [0.3, 0.4) is 0 Å². The van der Waals surface area contributed by atoms with Gasteiger partial charge in [-0.25, -0.2) is 18.4 Å². The molecule has 2 aromatic heterocycles. The van der Waals surface area contributed by atoms with E-state index in [9.17, 15) is 8.42 Å². The minimum atomic E-state index is -3.70. The maximum atomic E-state index is 12.1. The van der Waals surface area contributed by atoms with Crippen molar-refractivity contribution >= 4 is 21.7 Å². The average molecular weight is 279 g/mol. The molecule has 0 spiro atoms. The van der Waals surface area contributed by atoms with E-state index in [0.717, 1.165) is 5.56 Å². The number of sulfonamides is 1. The smallest absolute Gasteiger partial charge is 0.265 e. The number of nitrogens with one attached hydrogen (secondary N) is 2. The molecule has 0 amide bonds. The van der Waals surface area contributed by atoms with Gasteiger partial charge in [-0.05, 0) is 18.6 Å². The number of nitrogens with zero attached hydrogens (tertiary/aromatic N) is 3. The first-order valence-corrected chi connectivity index (χ1v) is 6.94. The SMILES string of the molecule is CNc1ncc(S(=O)(=O)Nc2cnccc2C)cn1. The molecule has 100 valence electrons. The molecule has 7 nitrogen and oxygen atoms in total. The average Bonchev–Trinajstić information content (AvgIpc) is 2.41. The van der Waals surface area contributed by atoms with Crippen molar-refractivity contribution in [2.75, 3.05) is 17.1 Å². The third-order valence-corrected chi connectivity index (χ3v) is 3.77. The van der Waals surface area contributed by atoms with Gasteiger partial charge in [0.15, 0.2) is 0 Å². The Morgan fingerprint density at radius 2 is 1.84 bits per heavy atom. The summed E-state index contributed by atoms with van der Waals surface area (Å²) in [5.74, 6) is 0.358. The number of aromatic nitrogens is 3. The van der Waals surface area contributed by atoms with Gasteiger partial charge >= 0.3 is 0 Å². The Balaban J connectivity index is 2.30. The molecule has 2 aromatic rings. The highest BCUT2D eigenvalue weighted by Gasteiger charge is 2.16. The van der Waals surface area contributed by atoms with Crippen LogP contribution in [0.4, 0.5) is 11.6 Å². The third-order valence-electron chi connectivity index (χ3n) is 2.45. The Morgan fingerprint density at radius 1 is 1.16 bits per heavy atom. The minimum absolute atomic E-state index is 0.00486. The molecule has 8 heteroatoms. The molecule has 0 radical (unpaired) electrons. The van der Waals surface area contributed by atoms with Crippen molar-refractivity contribution in [3.63, 3.8) is 0 Å². The third kappa shape index (κ3) is 2.97. The number of aryl methyl sites for hydroxylation is 1. The lowest BCUT2D eigenvalue weighted by molar-refractivity contribution is 0.600. The minimum Gasteiger partial charge on any atom is -0.357 e. The maximum absolute atomic E-state index is 12.1. The zero-order valence-electron chi connectivity index (χ0n) is 10.5. The van der Waals surface area contributed by atoms with Crippen LogP contribution in [0.15, 0.2) is 35.7 Å². The van der Waals surface area contributed by atoms with Crippen LogP contribution in [-0.2, 0) is 10.0 Å². The van der Waals surface area contributed by atoms with Gasteiger partial charge in [0, 0.05) is 13.2 Å². The van der Waals surface area contributed by atoms with Gasteiger partial charge < -0.3 is 5.32 Å². The highest BCUT2D eigenvalue weighted by atomic mass is 32.2. The van der Waals surface area contributed by atoms with Crippen LogP contribution < -0.4 is 10.0 Å². The monoisotopic (exact) mass is 279 g/mol. The van der Waals surface area contributed by atoms with E-state index in [0.29, 0.717) is 11.6 Å². The number of pyridine rings is 1. The van der Waals surface area contributed by atoms with Crippen molar-refractivity contribution in [3.05, 3.63) is 36.4 Å². The van der Waals surface area contributed by atoms with Gasteiger partial charge in [0.25, 0.3) is 10.0 Å². The molecule has 0 aliphatic rings. The molecule has 0 aliphatic carbocycles. The molecule has 0 atom stereocenters. The second kappa shape index (κ2) is 5.19. The first-order chi connectivity index (χ1) is 9.03. The first-order valence-electron chi connectivity index (χ1n) is 5.46.